The second kappa shape index (κ2) is 14.2. The van der Waals surface area contributed by atoms with E-state index in [4.69, 9.17) is 4.74 Å². The molecule has 11 nitrogen and oxygen atoms in total. The molecule has 48 heavy (non-hydrogen) atoms. The first-order chi connectivity index (χ1) is 23.3. The predicted molar refractivity (Wildman–Crippen MR) is 185 cm³/mol. The third-order valence-electron chi connectivity index (χ3n) is 11.0. The highest BCUT2D eigenvalue weighted by molar-refractivity contribution is 5.91. The highest BCUT2D eigenvalue weighted by Gasteiger charge is 2.36. The smallest absolute Gasteiger partial charge is 0.410 e. The molecule has 11 heteroatoms. The number of anilines is 1. The number of aryl methyl sites for hydroxylation is 2. The molecule has 5 heterocycles. The number of ether oxygens (including phenoxy) is 1. The van der Waals surface area contributed by atoms with Gasteiger partial charge in [-0.05, 0) is 93.8 Å². The van der Waals surface area contributed by atoms with Gasteiger partial charge < -0.3 is 34.2 Å². The van der Waals surface area contributed by atoms with E-state index < -0.39 is 12.2 Å². The molecule has 7 rings (SSSR count). The number of fused-ring (bicyclic) bond motifs is 2. The minimum atomic E-state index is -0.919. The predicted octanol–water partition coefficient (Wildman–Crippen LogP) is 4.96. The summed E-state index contributed by atoms with van der Waals surface area (Å²) < 4.78 is 8.14. The highest BCUT2D eigenvalue weighted by Crippen LogP contribution is 2.27. The van der Waals surface area contributed by atoms with Crippen LogP contribution in [-0.2, 0) is 29.4 Å². The van der Waals surface area contributed by atoms with Crippen molar-refractivity contribution >= 4 is 34.8 Å². The van der Waals surface area contributed by atoms with Gasteiger partial charge in [0.05, 0.1) is 17.4 Å². The first-order valence-corrected chi connectivity index (χ1v) is 17.9. The Balaban J connectivity index is 1.01. The summed E-state index contributed by atoms with van der Waals surface area (Å²) in [5, 5.41) is 3.07. The van der Waals surface area contributed by atoms with Crippen molar-refractivity contribution in [3.05, 3.63) is 59.4 Å². The van der Waals surface area contributed by atoms with Gasteiger partial charge in [-0.15, -0.1) is 0 Å². The number of nitrogens with zero attached hydrogens (tertiary/aromatic N) is 6. The topological polar surface area (TPSA) is 103 Å². The fraction of sp³-hybridized carbons (Fsp3) is 0.568. The monoisotopic (exact) mass is 655 g/mol. The number of aromatic nitrogens is 2. The summed E-state index contributed by atoms with van der Waals surface area (Å²) in [6.45, 7) is 7.31. The lowest BCUT2D eigenvalue weighted by molar-refractivity contribution is -0.142. The maximum atomic E-state index is 14.1. The van der Waals surface area contributed by atoms with E-state index in [9.17, 15) is 14.4 Å². The summed E-state index contributed by atoms with van der Waals surface area (Å²) in [7, 11) is 1.98. The molecule has 0 aliphatic carbocycles. The zero-order valence-electron chi connectivity index (χ0n) is 28.4. The number of para-hydroxylation sites is 1. The maximum absolute atomic E-state index is 14.1. The number of benzene rings is 2. The van der Waals surface area contributed by atoms with Crippen LogP contribution in [0.3, 0.4) is 0 Å². The minimum absolute atomic E-state index is 0.0371. The van der Waals surface area contributed by atoms with Gasteiger partial charge in [-0.25, -0.2) is 14.6 Å². The summed E-state index contributed by atoms with van der Waals surface area (Å²) in [6, 6.07) is 12.5. The molecular weight excluding hydrogens is 606 g/mol. The molecule has 3 aromatic rings. The molecule has 3 fully saturated rings. The largest absolute Gasteiger partial charge is 0.436 e. The second-order valence-electron chi connectivity index (χ2n) is 14.1. The number of carbonyl (C=O) groups is 3. The molecule has 0 unspecified atom stereocenters. The summed E-state index contributed by atoms with van der Waals surface area (Å²) in [5.74, 6) is -0.116. The molecule has 4 aliphatic rings. The third kappa shape index (κ3) is 6.88. The number of urea groups is 1. The fourth-order valence-corrected chi connectivity index (χ4v) is 8.34. The van der Waals surface area contributed by atoms with Gasteiger partial charge in [0.15, 0.2) is 6.10 Å². The van der Waals surface area contributed by atoms with Crippen LogP contribution >= 0.6 is 0 Å². The molecular formula is C37H49N7O4. The summed E-state index contributed by atoms with van der Waals surface area (Å²) >= 11 is 0. The average molecular weight is 656 g/mol. The quantitative estimate of drug-likeness (QED) is 0.403. The normalized spacial score (nSPS) is 20.7. The lowest BCUT2D eigenvalue weighted by atomic mass is 9.98. The number of hydrogen-bond acceptors (Lipinski definition) is 6. The van der Waals surface area contributed by atoms with E-state index in [0.717, 1.165) is 65.8 Å². The summed E-state index contributed by atoms with van der Waals surface area (Å²) in [6.07, 6.45) is 8.57. The molecule has 1 N–H and O–H groups in total. The fourth-order valence-electron chi connectivity index (χ4n) is 8.34. The Kier molecular flexibility index (Phi) is 9.57. The van der Waals surface area contributed by atoms with Crippen molar-refractivity contribution in [3.8, 4) is 0 Å². The molecule has 4 amide bonds. The van der Waals surface area contributed by atoms with Crippen LogP contribution in [0, 0.1) is 6.92 Å². The van der Waals surface area contributed by atoms with Crippen LogP contribution in [0.5, 0.6) is 0 Å². The third-order valence-corrected chi connectivity index (χ3v) is 11.0. The van der Waals surface area contributed by atoms with Gasteiger partial charge in [0.2, 0.25) is 0 Å². The van der Waals surface area contributed by atoms with Crippen molar-refractivity contribution in [3.63, 3.8) is 0 Å². The SMILES string of the molecule is Cc1cc(C[C@@H](OC(=O)N2CCC(N3CCc4ccccc4NC3=O)CC2)C(=O)N2CCC(N3CCCCC3)CC2)cc2ncn(C)c12. The number of rotatable bonds is 6. The van der Waals surface area contributed by atoms with Crippen molar-refractivity contribution in [2.45, 2.75) is 82.9 Å². The molecule has 0 radical (unpaired) electrons. The molecule has 2 aromatic carbocycles. The summed E-state index contributed by atoms with van der Waals surface area (Å²) in [5.41, 5.74) is 5.94. The standard InChI is InChI=1S/C37H49N7O4/c1-26-22-27(23-32-34(26)40(2)25-38-32)24-33(35(45)42-17-11-29(12-18-42)41-15-6-3-7-16-41)48-37(47)43-19-13-30(14-20-43)44-21-10-28-8-4-5-9-31(28)39-36(44)46/h4-5,8-9,22-23,25,29-30,33H,3,6-7,10-21,24H2,1-2H3,(H,39,46)/t33-/m1/s1. The van der Waals surface area contributed by atoms with Crippen molar-refractivity contribution in [1.82, 2.24) is 29.2 Å². The first-order valence-electron chi connectivity index (χ1n) is 17.9. The number of piperidine rings is 3. The zero-order chi connectivity index (χ0) is 33.2. The van der Waals surface area contributed by atoms with Gasteiger partial charge in [-0.3, -0.25) is 4.79 Å². The number of nitrogens with one attached hydrogen (secondary N) is 1. The molecule has 1 aromatic heterocycles. The molecule has 0 saturated carbocycles. The first kappa shape index (κ1) is 32.4. The van der Waals surface area contributed by atoms with Crippen LogP contribution in [0.2, 0.25) is 0 Å². The van der Waals surface area contributed by atoms with Crippen LogP contribution < -0.4 is 5.32 Å². The highest BCUT2D eigenvalue weighted by atomic mass is 16.6. The van der Waals surface area contributed by atoms with Gasteiger partial charge in [-0.2, -0.15) is 0 Å². The molecule has 4 aliphatic heterocycles. The number of carbonyl (C=O) groups excluding carboxylic acids is 3. The van der Waals surface area contributed by atoms with E-state index in [1.54, 1.807) is 11.2 Å². The zero-order valence-corrected chi connectivity index (χ0v) is 28.4. The lowest BCUT2D eigenvalue weighted by Crippen LogP contribution is -2.53. The van der Waals surface area contributed by atoms with E-state index in [2.05, 4.69) is 34.3 Å². The van der Waals surface area contributed by atoms with Crippen LogP contribution in [0.4, 0.5) is 15.3 Å². The average Bonchev–Trinajstić information content (AvgIpc) is 3.40. The Morgan fingerprint density at radius 2 is 1.62 bits per heavy atom. The van der Waals surface area contributed by atoms with Crippen LogP contribution in [-0.4, -0.2) is 111 Å². The number of hydrogen-bond donors (Lipinski definition) is 1. The van der Waals surface area contributed by atoms with E-state index in [1.807, 2.05) is 45.7 Å². The number of amides is 4. The van der Waals surface area contributed by atoms with Crippen molar-refractivity contribution in [1.29, 1.82) is 0 Å². The van der Waals surface area contributed by atoms with Crippen molar-refractivity contribution in [2.24, 2.45) is 7.05 Å². The van der Waals surface area contributed by atoms with Gasteiger partial charge >= 0.3 is 12.1 Å². The molecule has 0 bridgehead atoms. The van der Waals surface area contributed by atoms with E-state index in [-0.39, 0.29) is 18.0 Å². The Bertz CT molecular complexity index is 1630. The Morgan fingerprint density at radius 1 is 0.917 bits per heavy atom. The second-order valence-corrected chi connectivity index (χ2v) is 14.1. The Morgan fingerprint density at radius 3 is 2.40 bits per heavy atom. The molecule has 256 valence electrons. The van der Waals surface area contributed by atoms with E-state index in [1.165, 1.54) is 19.3 Å². The van der Waals surface area contributed by atoms with Gasteiger partial charge in [-0.1, -0.05) is 30.7 Å². The van der Waals surface area contributed by atoms with E-state index >= 15 is 0 Å². The Labute approximate surface area is 283 Å². The molecule has 0 spiro atoms. The van der Waals surface area contributed by atoms with Gasteiger partial charge in [0, 0.05) is 64.0 Å². The maximum Gasteiger partial charge on any atom is 0.410 e. The minimum Gasteiger partial charge on any atom is -0.436 e. The van der Waals surface area contributed by atoms with Crippen LogP contribution in [0.15, 0.2) is 42.7 Å². The number of imidazole rings is 1. The summed E-state index contributed by atoms with van der Waals surface area (Å²) in [4.78, 5) is 53.6. The molecule has 3 saturated heterocycles. The van der Waals surface area contributed by atoms with E-state index in [0.29, 0.717) is 58.0 Å². The lowest BCUT2D eigenvalue weighted by Gasteiger charge is -2.41. The van der Waals surface area contributed by atoms with Crippen LogP contribution in [0.1, 0.15) is 61.6 Å². The van der Waals surface area contributed by atoms with Crippen molar-refractivity contribution in [2.75, 3.05) is 51.1 Å². The molecule has 1 atom stereocenters. The van der Waals surface area contributed by atoms with Crippen molar-refractivity contribution < 1.29 is 19.1 Å². The van der Waals surface area contributed by atoms with Gasteiger partial charge in [0.25, 0.3) is 5.91 Å². The van der Waals surface area contributed by atoms with Gasteiger partial charge in [0.1, 0.15) is 0 Å². The van der Waals surface area contributed by atoms with Crippen LogP contribution in [0.25, 0.3) is 11.0 Å². The number of likely N-dealkylation sites (tertiary alicyclic amines) is 3. The Hall–Kier alpha value is -4.12.